The second kappa shape index (κ2) is 21.9. The molecular weight excluding hydrogens is 938 g/mol. The molecule has 2 aliphatic heterocycles. The number of nitrogens with one attached hydrogen (secondary N) is 3. The van der Waals surface area contributed by atoms with Gasteiger partial charge in [-0.25, -0.2) is 4.98 Å². The summed E-state index contributed by atoms with van der Waals surface area (Å²) >= 11 is 7.84. The first-order valence-corrected chi connectivity index (χ1v) is 26.0. The van der Waals surface area contributed by atoms with Crippen molar-refractivity contribution in [2.45, 2.75) is 150 Å². The third kappa shape index (κ3) is 11.9. The van der Waals surface area contributed by atoms with Crippen LogP contribution in [0.25, 0.3) is 10.4 Å². The number of rotatable bonds is 19. The average molecular weight is 1010 g/mol. The Balaban J connectivity index is 0.804. The zero-order chi connectivity index (χ0) is 51.4. The Kier molecular flexibility index (Phi) is 16.3. The van der Waals surface area contributed by atoms with E-state index in [2.05, 4.69) is 54.7 Å². The van der Waals surface area contributed by atoms with Crippen molar-refractivity contribution in [2.75, 3.05) is 13.1 Å². The Bertz CT molecular complexity index is 2650. The zero-order valence-electron chi connectivity index (χ0n) is 42.2. The van der Waals surface area contributed by atoms with Gasteiger partial charge in [0.2, 0.25) is 17.7 Å². The number of fused-ring (bicyclic) bond motifs is 1. The molecule has 5 amide bonds. The van der Waals surface area contributed by atoms with Gasteiger partial charge in [-0.3, -0.25) is 24.0 Å². The Morgan fingerprint density at radius 1 is 0.972 bits per heavy atom. The van der Waals surface area contributed by atoms with E-state index in [9.17, 15) is 34.3 Å². The van der Waals surface area contributed by atoms with Crippen molar-refractivity contribution in [1.29, 1.82) is 5.26 Å². The van der Waals surface area contributed by atoms with Crippen LogP contribution in [0.3, 0.4) is 0 Å². The quantitative estimate of drug-likeness (QED) is 0.0665. The van der Waals surface area contributed by atoms with Gasteiger partial charge < -0.3 is 35.6 Å². The summed E-state index contributed by atoms with van der Waals surface area (Å²) in [5, 5.41) is 29.3. The molecule has 1 saturated heterocycles. The number of unbranched alkanes of at least 4 members (excludes halogenated alkanes) is 5. The highest BCUT2D eigenvalue weighted by molar-refractivity contribution is 7.13. The van der Waals surface area contributed by atoms with E-state index < -0.39 is 34.4 Å². The number of benzene rings is 3. The van der Waals surface area contributed by atoms with Gasteiger partial charge >= 0.3 is 0 Å². The molecule has 3 aliphatic rings. The number of hydrogen-bond acceptors (Lipinski definition) is 10. The van der Waals surface area contributed by atoms with Crippen LogP contribution in [0.5, 0.6) is 5.75 Å². The van der Waals surface area contributed by atoms with E-state index in [4.69, 9.17) is 16.3 Å². The number of halogens is 1. The number of aliphatic hydroxyl groups excluding tert-OH is 1. The number of likely N-dealkylation sites (tertiary alicyclic amines) is 1. The number of aromatic nitrogens is 1. The van der Waals surface area contributed by atoms with E-state index in [1.54, 1.807) is 41.7 Å². The largest absolute Gasteiger partial charge is 0.489 e. The summed E-state index contributed by atoms with van der Waals surface area (Å²) in [4.78, 5) is 76.5. The molecule has 378 valence electrons. The van der Waals surface area contributed by atoms with E-state index >= 15 is 0 Å². The highest BCUT2D eigenvalue weighted by Gasteiger charge is 2.64. The molecule has 0 unspecified atom stereocenters. The first kappa shape index (κ1) is 53.0. The van der Waals surface area contributed by atoms with Crippen LogP contribution in [0.4, 0.5) is 0 Å². The fourth-order valence-corrected chi connectivity index (χ4v) is 11.8. The predicted molar refractivity (Wildman–Crippen MR) is 275 cm³/mol. The Hall–Kier alpha value is -5.82. The number of amides is 5. The maximum atomic E-state index is 14.1. The predicted octanol–water partition coefficient (Wildman–Crippen LogP) is 8.75. The number of thiazole rings is 1. The molecule has 16 heteroatoms. The van der Waals surface area contributed by atoms with E-state index in [0.29, 0.717) is 47.0 Å². The smallest absolute Gasteiger partial charge is 0.254 e. The van der Waals surface area contributed by atoms with Gasteiger partial charge in [0.1, 0.15) is 30.0 Å². The van der Waals surface area contributed by atoms with Crippen molar-refractivity contribution >= 4 is 52.5 Å². The molecule has 7 rings (SSSR count). The molecule has 3 aromatic carbocycles. The van der Waals surface area contributed by atoms with Crippen LogP contribution in [0.1, 0.15) is 143 Å². The van der Waals surface area contributed by atoms with E-state index in [-0.39, 0.29) is 67.6 Å². The summed E-state index contributed by atoms with van der Waals surface area (Å²) in [6, 6.07) is 18.3. The molecule has 0 spiro atoms. The molecule has 1 saturated carbocycles. The summed E-state index contributed by atoms with van der Waals surface area (Å²) in [5.41, 5.74) is 5.59. The van der Waals surface area contributed by atoms with Crippen LogP contribution in [0.15, 0.2) is 66.2 Å². The molecule has 71 heavy (non-hydrogen) atoms. The van der Waals surface area contributed by atoms with Gasteiger partial charge in [0.25, 0.3) is 11.8 Å². The van der Waals surface area contributed by atoms with Crippen LogP contribution < -0.4 is 20.7 Å². The topological polar surface area (TPSA) is 194 Å². The van der Waals surface area contributed by atoms with Crippen molar-refractivity contribution < 1.29 is 33.8 Å². The summed E-state index contributed by atoms with van der Waals surface area (Å²) in [6.45, 7) is 17.2. The number of nitrogens with zero attached hydrogens (tertiary/aromatic N) is 4. The number of aryl methyl sites for hydroxylation is 1. The van der Waals surface area contributed by atoms with Crippen LogP contribution in [-0.4, -0.2) is 92.8 Å². The summed E-state index contributed by atoms with van der Waals surface area (Å²) in [6.07, 6.45) is 4.41. The van der Waals surface area contributed by atoms with Crippen LogP contribution >= 0.6 is 22.9 Å². The van der Waals surface area contributed by atoms with Gasteiger partial charge in [0.05, 0.1) is 32.8 Å². The van der Waals surface area contributed by atoms with Crippen molar-refractivity contribution in [3.05, 3.63) is 105 Å². The molecule has 14 nitrogen and oxygen atoms in total. The molecule has 4 aromatic rings. The number of β-amino-alcohol motifs (C(OH)–C–C–N with tert-alkyl or cyclic N) is 1. The lowest BCUT2D eigenvalue weighted by Gasteiger charge is -2.63. The minimum absolute atomic E-state index is 0.0119. The minimum Gasteiger partial charge on any atom is -0.489 e. The first-order valence-electron chi connectivity index (χ1n) is 24.7. The number of hydrogen-bond donors (Lipinski definition) is 4. The lowest BCUT2D eigenvalue weighted by atomic mass is 9.49. The second-order valence-corrected chi connectivity index (χ2v) is 23.0. The summed E-state index contributed by atoms with van der Waals surface area (Å²) < 4.78 is 6.38. The molecule has 4 N–H and O–H groups in total. The van der Waals surface area contributed by atoms with Gasteiger partial charge in [-0.2, -0.15) is 5.26 Å². The SMILES string of the molecule is Cc1ncsc1-c1ccc(CNC(=O)[C@@H]2C[C@@H](O)CN2C(=O)[C@@H](NC(=O)CCCCCCCCN2Cc3cc(C(=O)NC4C(C)(C)C(Oc5ccc(C#N)c(Cl)c5)C4(C)C)ccc3C2=O)C(C)(C)C)cc1. The fourth-order valence-electron chi connectivity index (χ4n) is 10.8. The van der Waals surface area contributed by atoms with Gasteiger partial charge in [0.15, 0.2) is 0 Å². The third-order valence-corrected chi connectivity index (χ3v) is 15.8. The molecule has 1 aliphatic carbocycles. The van der Waals surface area contributed by atoms with E-state index in [1.165, 1.54) is 4.90 Å². The Morgan fingerprint density at radius 2 is 1.66 bits per heavy atom. The fraction of sp³-hybridized carbons (Fsp3) is 0.509. The zero-order valence-corrected chi connectivity index (χ0v) is 43.8. The average Bonchev–Trinajstić information content (AvgIpc) is 4.03. The van der Waals surface area contributed by atoms with E-state index in [0.717, 1.165) is 59.4 Å². The number of nitriles is 1. The molecule has 1 aromatic heterocycles. The molecule has 0 bridgehead atoms. The number of ether oxygens (including phenoxy) is 1. The van der Waals surface area contributed by atoms with Gasteiger partial charge in [-0.05, 0) is 72.2 Å². The molecule has 2 fully saturated rings. The van der Waals surface area contributed by atoms with Gasteiger partial charge in [-0.15, -0.1) is 11.3 Å². The maximum absolute atomic E-state index is 14.1. The number of aliphatic hydroxyl groups is 1. The van der Waals surface area contributed by atoms with Gasteiger partial charge in [0, 0.05) is 73.1 Å². The minimum atomic E-state index is -0.883. The number of carbonyl (C=O) groups is 5. The highest BCUT2D eigenvalue weighted by Crippen LogP contribution is 2.55. The molecule has 0 radical (unpaired) electrons. The van der Waals surface area contributed by atoms with Crippen LogP contribution in [0.2, 0.25) is 5.02 Å². The van der Waals surface area contributed by atoms with Crippen molar-refractivity contribution in [2.24, 2.45) is 16.2 Å². The molecule has 3 atom stereocenters. The first-order chi connectivity index (χ1) is 33.6. The summed E-state index contributed by atoms with van der Waals surface area (Å²) in [5.74, 6) is -0.642. The molecular formula is C55H68ClN7O7S. The normalized spacial score (nSPS) is 20.4. The highest BCUT2D eigenvalue weighted by atomic mass is 35.5. The monoisotopic (exact) mass is 1010 g/mol. The Morgan fingerprint density at radius 3 is 2.31 bits per heavy atom. The third-order valence-electron chi connectivity index (χ3n) is 14.5. The standard InChI is InChI=1S/C55H68ClN7O7S/c1-33-45(71-32-59-33)35-18-16-34(17-19-35)29-58-48(67)43-26-39(64)31-63(43)50(69)46(53(2,3)4)60-44(65)15-13-11-9-10-12-14-24-62-30-38-25-36(21-23-41(38)49(62)68)47(66)61-51-54(5,6)52(55(51,7)8)70-40-22-20-37(28-57)42(56)27-40/h16-23,25,27,32,39,43,46,51-52,64H,9-15,24,26,29-31H2,1-8H3,(H,58,67)(H,60,65)(H,61,66)/t39-,43+,46-,51?,52?/m1/s1. The van der Waals surface area contributed by atoms with Gasteiger partial charge in [-0.1, -0.05) is 110 Å². The summed E-state index contributed by atoms with van der Waals surface area (Å²) in [7, 11) is 0. The maximum Gasteiger partial charge on any atom is 0.254 e. The lowest BCUT2D eigenvalue weighted by Crippen LogP contribution is -2.74. The van der Waals surface area contributed by atoms with Crippen LogP contribution in [-0.2, 0) is 27.5 Å². The second-order valence-electron chi connectivity index (χ2n) is 21.7. The number of carbonyl (C=O) groups excluding carboxylic acids is 5. The van der Waals surface area contributed by atoms with Crippen LogP contribution in [0, 0.1) is 34.5 Å². The van der Waals surface area contributed by atoms with Crippen molar-refractivity contribution in [3.63, 3.8) is 0 Å². The van der Waals surface area contributed by atoms with Crippen molar-refractivity contribution in [1.82, 2.24) is 30.7 Å². The van der Waals surface area contributed by atoms with E-state index in [1.807, 2.05) is 68.4 Å². The molecule has 3 heterocycles. The lowest BCUT2D eigenvalue weighted by molar-refractivity contribution is -0.164. The Labute approximate surface area is 426 Å². The van der Waals surface area contributed by atoms with Crippen molar-refractivity contribution in [3.8, 4) is 22.3 Å².